The lowest BCUT2D eigenvalue weighted by atomic mass is 10.00. The fourth-order valence-electron chi connectivity index (χ4n) is 5.49. The number of aromatic nitrogens is 1. The molecule has 0 saturated carbocycles. The van der Waals surface area contributed by atoms with Crippen molar-refractivity contribution in [3.8, 4) is 5.69 Å². The Morgan fingerprint density at radius 1 is 1.05 bits per heavy atom. The summed E-state index contributed by atoms with van der Waals surface area (Å²) in [6.07, 6.45) is 4.13. The van der Waals surface area contributed by atoms with Crippen LogP contribution in [0.3, 0.4) is 0 Å². The van der Waals surface area contributed by atoms with Crippen molar-refractivity contribution in [2.24, 2.45) is 0 Å². The lowest BCUT2D eigenvalue weighted by molar-refractivity contribution is 0.0599. The largest absolute Gasteiger partial charge is 0.465 e. The number of hydrogen-bond acceptors (Lipinski definition) is 4. The number of hydrogen-bond donors (Lipinski definition) is 1. The second-order valence-electron chi connectivity index (χ2n) is 10.8. The number of carbonyl (C=O) groups excluding carboxylic acids is 2. The normalized spacial score (nSPS) is 15.6. The van der Waals surface area contributed by atoms with Gasteiger partial charge in [0.2, 0.25) is 0 Å². The molecule has 202 valence electrons. The van der Waals surface area contributed by atoms with E-state index in [4.69, 9.17) is 4.74 Å². The summed E-state index contributed by atoms with van der Waals surface area (Å²) < 4.78 is 7.22. The summed E-state index contributed by atoms with van der Waals surface area (Å²) in [5.41, 5.74) is 6.67. The van der Waals surface area contributed by atoms with E-state index in [-0.39, 0.29) is 17.9 Å². The van der Waals surface area contributed by atoms with Gasteiger partial charge in [0.25, 0.3) is 5.91 Å². The van der Waals surface area contributed by atoms with E-state index in [9.17, 15) is 9.59 Å². The SMILES string of the molecule is COC(=O)c1cc2c(CNC3CCCN(C(=O)c4ccc(C(C)C)cc4)C3)cn(-c3ccccc3)c2cc1C. The lowest BCUT2D eigenvalue weighted by Crippen LogP contribution is -2.47. The fourth-order valence-corrected chi connectivity index (χ4v) is 5.49. The van der Waals surface area contributed by atoms with E-state index in [0.29, 0.717) is 24.6 Å². The number of rotatable bonds is 7. The first kappa shape index (κ1) is 26.7. The molecule has 1 fully saturated rings. The molecule has 1 aromatic heterocycles. The van der Waals surface area contributed by atoms with Crippen LogP contribution in [0.5, 0.6) is 0 Å². The Hall–Kier alpha value is -3.90. The number of nitrogens with one attached hydrogen (secondary N) is 1. The number of fused-ring (bicyclic) bond motifs is 1. The van der Waals surface area contributed by atoms with Crippen LogP contribution in [-0.2, 0) is 11.3 Å². The number of benzene rings is 3. The molecule has 1 unspecified atom stereocenters. The van der Waals surface area contributed by atoms with Crippen molar-refractivity contribution < 1.29 is 14.3 Å². The number of aryl methyl sites for hydroxylation is 1. The van der Waals surface area contributed by atoms with E-state index in [1.54, 1.807) is 0 Å². The summed E-state index contributed by atoms with van der Waals surface area (Å²) in [6.45, 7) is 8.34. The second kappa shape index (κ2) is 11.5. The van der Waals surface area contributed by atoms with Crippen molar-refractivity contribution in [1.29, 1.82) is 0 Å². The summed E-state index contributed by atoms with van der Waals surface area (Å²) in [5, 5.41) is 4.73. The van der Waals surface area contributed by atoms with E-state index in [1.165, 1.54) is 12.7 Å². The van der Waals surface area contributed by atoms with E-state index in [0.717, 1.165) is 52.7 Å². The summed E-state index contributed by atoms with van der Waals surface area (Å²) >= 11 is 0. The molecule has 1 saturated heterocycles. The van der Waals surface area contributed by atoms with Crippen LogP contribution in [0, 0.1) is 6.92 Å². The van der Waals surface area contributed by atoms with Gasteiger partial charge in [-0.05, 0) is 78.8 Å². The van der Waals surface area contributed by atoms with Gasteiger partial charge in [-0.1, -0.05) is 44.2 Å². The number of ether oxygens (including phenoxy) is 1. The molecule has 1 amide bonds. The molecular weight excluding hydrogens is 486 g/mol. The van der Waals surface area contributed by atoms with Crippen molar-refractivity contribution in [2.45, 2.75) is 52.1 Å². The molecule has 6 heteroatoms. The molecule has 1 aliphatic rings. The molecule has 1 aliphatic heterocycles. The number of esters is 1. The Labute approximate surface area is 230 Å². The fraction of sp³-hybridized carbons (Fsp3) is 0.333. The van der Waals surface area contributed by atoms with Crippen LogP contribution >= 0.6 is 0 Å². The van der Waals surface area contributed by atoms with Crippen LogP contribution < -0.4 is 5.32 Å². The quantitative estimate of drug-likeness (QED) is 0.291. The first-order chi connectivity index (χ1) is 18.9. The van der Waals surface area contributed by atoms with E-state index in [2.05, 4.69) is 60.3 Å². The molecule has 0 radical (unpaired) electrons. The molecule has 39 heavy (non-hydrogen) atoms. The molecule has 5 rings (SSSR count). The second-order valence-corrected chi connectivity index (χ2v) is 10.8. The third-order valence-electron chi connectivity index (χ3n) is 7.79. The van der Waals surface area contributed by atoms with Gasteiger partial charge in [-0.3, -0.25) is 4.79 Å². The van der Waals surface area contributed by atoms with E-state index in [1.807, 2.05) is 48.2 Å². The number of para-hydroxylation sites is 1. The minimum Gasteiger partial charge on any atom is -0.465 e. The molecule has 1 N–H and O–H groups in total. The average Bonchev–Trinajstić information content (AvgIpc) is 3.32. The van der Waals surface area contributed by atoms with Crippen LogP contribution in [0.15, 0.2) is 72.9 Å². The number of likely N-dealkylation sites (tertiary alicyclic amines) is 1. The topological polar surface area (TPSA) is 63.6 Å². The van der Waals surface area contributed by atoms with Gasteiger partial charge < -0.3 is 19.5 Å². The molecule has 0 aliphatic carbocycles. The molecule has 0 bridgehead atoms. The highest BCUT2D eigenvalue weighted by atomic mass is 16.5. The predicted molar refractivity (Wildman–Crippen MR) is 156 cm³/mol. The third-order valence-corrected chi connectivity index (χ3v) is 7.79. The Balaban J connectivity index is 1.37. The molecule has 6 nitrogen and oxygen atoms in total. The zero-order valence-corrected chi connectivity index (χ0v) is 23.2. The zero-order valence-electron chi connectivity index (χ0n) is 23.2. The van der Waals surface area contributed by atoms with Crippen LogP contribution in [-0.4, -0.2) is 47.6 Å². The molecule has 1 atom stereocenters. The van der Waals surface area contributed by atoms with Gasteiger partial charge in [0.15, 0.2) is 0 Å². The third kappa shape index (κ3) is 5.62. The number of nitrogens with zero attached hydrogens (tertiary/aromatic N) is 2. The zero-order chi connectivity index (χ0) is 27.5. The molecule has 4 aromatic rings. The van der Waals surface area contributed by atoms with Gasteiger partial charge in [0.05, 0.1) is 18.2 Å². The minimum atomic E-state index is -0.330. The van der Waals surface area contributed by atoms with Crippen LogP contribution in [0.25, 0.3) is 16.6 Å². The Bertz CT molecular complexity index is 1470. The number of piperidine rings is 1. The van der Waals surface area contributed by atoms with E-state index < -0.39 is 0 Å². The average molecular weight is 524 g/mol. The van der Waals surface area contributed by atoms with Gasteiger partial charge in [0.1, 0.15) is 0 Å². The van der Waals surface area contributed by atoms with Gasteiger partial charge in [-0.15, -0.1) is 0 Å². The highest BCUT2D eigenvalue weighted by Crippen LogP contribution is 2.29. The minimum absolute atomic E-state index is 0.0932. The summed E-state index contributed by atoms with van der Waals surface area (Å²) in [7, 11) is 1.42. The summed E-state index contributed by atoms with van der Waals surface area (Å²) in [4.78, 5) is 27.7. The Morgan fingerprint density at radius 3 is 2.49 bits per heavy atom. The maximum Gasteiger partial charge on any atom is 0.338 e. The van der Waals surface area contributed by atoms with Gasteiger partial charge in [0, 0.05) is 48.5 Å². The van der Waals surface area contributed by atoms with Crippen LogP contribution in [0.2, 0.25) is 0 Å². The number of carbonyl (C=O) groups is 2. The first-order valence-electron chi connectivity index (χ1n) is 13.8. The van der Waals surface area contributed by atoms with Gasteiger partial charge >= 0.3 is 5.97 Å². The van der Waals surface area contributed by atoms with Crippen molar-refractivity contribution in [3.05, 3.63) is 101 Å². The summed E-state index contributed by atoms with van der Waals surface area (Å²) in [6, 6.07) is 22.4. The first-order valence-corrected chi connectivity index (χ1v) is 13.8. The highest BCUT2D eigenvalue weighted by Gasteiger charge is 2.25. The lowest BCUT2D eigenvalue weighted by Gasteiger charge is -2.33. The van der Waals surface area contributed by atoms with Crippen LogP contribution in [0.4, 0.5) is 0 Å². The summed E-state index contributed by atoms with van der Waals surface area (Å²) in [5.74, 6) is 0.206. The smallest absolute Gasteiger partial charge is 0.338 e. The monoisotopic (exact) mass is 523 g/mol. The highest BCUT2D eigenvalue weighted by molar-refractivity contribution is 5.98. The standard InChI is InChI=1S/C33H37N3O3/c1-22(2)24-12-14-25(15-13-24)32(37)35-16-8-9-27(21-35)34-19-26-20-36(28-10-6-5-7-11-28)31-17-23(3)29(18-30(26)31)33(38)39-4/h5-7,10-15,17-18,20,22,27,34H,8-9,16,19,21H2,1-4H3. The van der Waals surface area contributed by atoms with E-state index >= 15 is 0 Å². The maximum atomic E-state index is 13.2. The van der Waals surface area contributed by atoms with Crippen LogP contribution in [0.1, 0.15) is 70.0 Å². The van der Waals surface area contributed by atoms with Gasteiger partial charge in [-0.25, -0.2) is 4.79 Å². The molecule has 3 aromatic carbocycles. The van der Waals surface area contributed by atoms with Crippen molar-refractivity contribution in [2.75, 3.05) is 20.2 Å². The van der Waals surface area contributed by atoms with Gasteiger partial charge in [-0.2, -0.15) is 0 Å². The number of methoxy groups -OCH3 is 1. The maximum absolute atomic E-state index is 13.2. The molecule has 0 spiro atoms. The number of amides is 1. The van der Waals surface area contributed by atoms with Crippen molar-refractivity contribution in [1.82, 2.24) is 14.8 Å². The molecular formula is C33H37N3O3. The predicted octanol–water partition coefficient (Wildman–Crippen LogP) is 6.24. The molecule has 2 heterocycles. The van der Waals surface area contributed by atoms with Crippen molar-refractivity contribution >= 4 is 22.8 Å². The van der Waals surface area contributed by atoms with Crippen molar-refractivity contribution in [3.63, 3.8) is 0 Å². The Morgan fingerprint density at radius 2 is 1.79 bits per heavy atom. The Kier molecular flexibility index (Phi) is 7.84.